The first kappa shape index (κ1) is 16.2. The largest absolute Gasteiger partial charge is 0.451 e. The number of para-hydroxylation sites is 1. The summed E-state index contributed by atoms with van der Waals surface area (Å²) in [4.78, 5) is 18.9. The van der Waals surface area contributed by atoms with E-state index in [-0.39, 0.29) is 24.3 Å². The second-order valence-electron chi connectivity index (χ2n) is 5.65. The van der Waals surface area contributed by atoms with Crippen molar-refractivity contribution in [2.24, 2.45) is 0 Å². The number of nitrogens with zero attached hydrogens (tertiary/aromatic N) is 2. The standard InChI is InChI=1S/C19H20N2O3/c1-2-16(13-22)21(12-15-8-5-6-10-20-15)19(23)18-11-14-7-3-4-9-17(14)24-18/h3-11,16,22H,2,12-13H2,1H3/t16-/m0/s1. The van der Waals surface area contributed by atoms with Gasteiger partial charge in [-0.25, -0.2) is 0 Å². The van der Waals surface area contributed by atoms with Crippen LogP contribution in [0, 0.1) is 0 Å². The number of aliphatic hydroxyl groups excluding tert-OH is 1. The molecule has 1 atom stereocenters. The number of carbonyl (C=O) groups is 1. The van der Waals surface area contributed by atoms with E-state index in [1.54, 1.807) is 17.2 Å². The summed E-state index contributed by atoms with van der Waals surface area (Å²) in [6.45, 7) is 2.17. The van der Waals surface area contributed by atoms with Gasteiger partial charge in [0.2, 0.25) is 0 Å². The molecule has 3 rings (SSSR count). The predicted molar refractivity (Wildman–Crippen MR) is 91.5 cm³/mol. The van der Waals surface area contributed by atoms with Crippen molar-refractivity contribution in [3.63, 3.8) is 0 Å². The number of hydrogen-bond donors (Lipinski definition) is 1. The summed E-state index contributed by atoms with van der Waals surface area (Å²) in [7, 11) is 0. The lowest BCUT2D eigenvalue weighted by Crippen LogP contribution is -2.41. The van der Waals surface area contributed by atoms with Crippen LogP contribution in [0.15, 0.2) is 59.1 Å². The van der Waals surface area contributed by atoms with E-state index in [9.17, 15) is 9.90 Å². The third kappa shape index (κ3) is 3.31. The lowest BCUT2D eigenvalue weighted by atomic mass is 10.1. The van der Waals surface area contributed by atoms with Crippen LogP contribution in [0.1, 0.15) is 29.6 Å². The first-order valence-corrected chi connectivity index (χ1v) is 8.03. The number of carbonyl (C=O) groups excluding carboxylic acids is 1. The Morgan fingerprint density at radius 2 is 2.04 bits per heavy atom. The van der Waals surface area contributed by atoms with Gasteiger partial charge < -0.3 is 14.4 Å². The van der Waals surface area contributed by atoms with Crippen LogP contribution in [-0.4, -0.2) is 33.5 Å². The number of rotatable bonds is 6. The van der Waals surface area contributed by atoms with Crippen LogP contribution in [0.4, 0.5) is 0 Å². The smallest absolute Gasteiger partial charge is 0.290 e. The second kappa shape index (κ2) is 7.27. The molecule has 1 amide bonds. The van der Waals surface area contributed by atoms with E-state index in [0.29, 0.717) is 18.5 Å². The van der Waals surface area contributed by atoms with Gasteiger partial charge in [-0.15, -0.1) is 0 Å². The van der Waals surface area contributed by atoms with Gasteiger partial charge in [-0.3, -0.25) is 9.78 Å². The molecule has 2 heterocycles. The Labute approximate surface area is 140 Å². The highest BCUT2D eigenvalue weighted by molar-refractivity contribution is 5.96. The fourth-order valence-corrected chi connectivity index (χ4v) is 2.71. The molecule has 1 N–H and O–H groups in total. The van der Waals surface area contributed by atoms with Gasteiger partial charge in [-0.05, 0) is 30.7 Å². The Bertz CT molecular complexity index is 777. The molecule has 1 aromatic carbocycles. The molecule has 0 spiro atoms. The number of furan rings is 1. The van der Waals surface area contributed by atoms with Gasteiger partial charge in [0.1, 0.15) is 5.58 Å². The fourth-order valence-electron chi connectivity index (χ4n) is 2.71. The first-order valence-electron chi connectivity index (χ1n) is 8.03. The number of aromatic nitrogens is 1. The molecule has 124 valence electrons. The van der Waals surface area contributed by atoms with Gasteiger partial charge in [-0.2, -0.15) is 0 Å². The van der Waals surface area contributed by atoms with Gasteiger partial charge in [0.25, 0.3) is 5.91 Å². The Morgan fingerprint density at radius 1 is 1.25 bits per heavy atom. The van der Waals surface area contributed by atoms with Crippen molar-refractivity contribution in [2.75, 3.05) is 6.61 Å². The Balaban J connectivity index is 1.92. The Kier molecular flexibility index (Phi) is 4.91. The predicted octanol–water partition coefficient (Wildman–Crippen LogP) is 3.24. The summed E-state index contributed by atoms with van der Waals surface area (Å²) in [5.74, 6) is 0.0387. The van der Waals surface area contributed by atoms with Crippen molar-refractivity contribution < 1.29 is 14.3 Å². The molecule has 0 saturated carbocycles. The molecular formula is C19H20N2O3. The summed E-state index contributed by atoms with van der Waals surface area (Å²) in [6, 6.07) is 14.5. The molecule has 0 aliphatic carbocycles. The topological polar surface area (TPSA) is 66.6 Å². The Morgan fingerprint density at radius 3 is 2.71 bits per heavy atom. The maximum Gasteiger partial charge on any atom is 0.290 e. The lowest BCUT2D eigenvalue weighted by Gasteiger charge is -2.28. The van der Waals surface area contributed by atoms with Gasteiger partial charge in [0.15, 0.2) is 5.76 Å². The minimum Gasteiger partial charge on any atom is -0.451 e. The second-order valence-corrected chi connectivity index (χ2v) is 5.65. The van der Waals surface area contributed by atoms with Gasteiger partial charge in [0.05, 0.1) is 24.9 Å². The molecule has 5 heteroatoms. The third-order valence-electron chi connectivity index (χ3n) is 4.08. The van der Waals surface area contributed by atoms with E-state index in [4.69, 9.17) is 4.42 Å². The van der Waals surface area contributed by atoms with E-state index in [1.807, 2.05) is 49.4 Å². The van der Waals surface area contributed by atoms with Crippen LogP contribution >= 0.6 is 0 Å². The third-order valence-corrected chi connectivity index (χ3v) is 4.08. The number of aliphatic hydroxyl groups is 1. The molecule has 2 aromatic heterocycles. The summed E-state index contributed by atoms with van der Waals surface area (Å²) < 4.78 is 5.69. The fraction of sp³-hybridized carbons (Fsp3) is 0.263. The van der Waals surface area contributed by atoms with Crippen LogP contribution < -0.4 is 0 Å². The summed E-state index contributed by atoms with van der Waals surface area (Å²) >= 11 is 0. The number of hydrogen-bond acceptors (Lipinski definition) is 4. The molecule has 24 heavy (non-hydrogen) atoms. The van der Waals surface area contributed by atoms with Gasteiger partial charge in [0, 0.05) is 11.6 Å². The van der Waals surface area contributed by atoms with Crippen molar-refractivity contribution in [2.45, 2.75) is 25.9 Å². The van der Waals surface area contributed by atoms with Crippen LogP contribution in [0.5, 0.6) is 0 Å². The molecule has 3 aromatic rings. The average Bonchev–Trinajstić information content (AvgIpc) is 3.06. The molecule has 0 aliphatic heterocycles. The summed E-state index contributed by atoms with van der Waals surface area (Å²) in [6.07, 6.45) is 2.34. The van der Waals surface area contributed by atoms with E-state index in [0.717, 1.165) is 11.1 Å². The average molecular weight is 324 g/mol. The molecular weight excluding hydrogens is 304 g/mol. The van der Waals surface area contributed by atoms with Crippen molar-refractivity contribution in [1.29, 1.82) is 0 Å². The minimum absolute atomic E-state index is 0.102. The van der Waals surface area contributed by atoms with E-state index < -0.39 is 0 Å². The van der Waals surface area contributed by atoms with Gasteiger partial charge >= 0.3 is 0 Å². The highest BCUT2D eigenvalue weighted by Gasteiger charge is 2.26. The zero-order valence-corrected chi connectivity index (χ0v) is 13.6. The molecule has 0 fully saturated rings. The minimum atomic E-state index is -0.285. The van der Waals surface area contributed by atoms with Crippen molar-refractivity contribution in [3.05, 3.63) is 66.2 Å². The number of amides is 1. The van der Waals surface area contributed by atoms with Crippen molar-refractivity contribution >= 4 is 16.9 Å². The van der Waals surface area contributed by atoms with Crippen LogP contribution in [0.3, 0.4) is 0 Å². The maximum absolute atomic E-state index is 13.0. The van der Waals surface area contributed by atoms with Crippen molar-refractivity contribution in [1.82, 2.24) is 9.88 Å². The first-order chi connectivity index (χ1) is 11.7. The van der Waals surface area contributed by atoms with Gasteiger partial charge in [-0.1, -0.05) is 31.2 Å². The van der Waals surface area contributed by atoms with Crippen LogP contribution in [0.2, 0.25) is 0 Å². The summed E-state index contributed by atoms with van der Waals surface area (Å²) in [5, 5.41) is 10.6. The van der Waals surface area contributed by atoms with Crippen molar-refractivity contribution in [3.8, 4) is 0 Å². The highest BCUT2D eigenvalue weighted by atomic mass is 16.3. The summed E-state index contributed by atoms with van der Waals surface area (Å²) in [5.41, 5.74) is 1.45. The van der Waals surface area contributed by atoms with E-state index in [2.05, 4.69) is 4.98 Å². The Hall–Kier alpha value is -2.66. The maximum atomic E-state index is 13.0. The number of benzene rings is 1. The van der Waals surface area contributed by atoms with E-state index >= 15 is 0 Å². The van der Waals surface area contributed by atoms with Crippen LogP contribution in [-0.2, 0) is 6.54 Å². The monoisotopic (exact) mass is 324 g/mol. The van der Waals surface area contributed by atoms with Crippen LogP contribution in [0.25, 0.3) is 11.0 Å². The molecule has 0 unspecified atom stereocenters. The zero-order chi connectivity index (χ0) is 16.9. The SMILES string of the molecule is CC[C@@H](CO)N(Cc1ccccn1)C(=O)c1cc2ccccc2o1. The molecule has 0 saturated heterocycles. The molecule has 0 aliphatic rings. The molecule has 0 bridgehead atoms. The van der Waals surface area contributed by atoms with E-state index in [1.165, 1.54) is 0 Å². The number of fused-ring (bicyclic) bond motifs is 1. The normalized spacial score (nSPS) is 12.2. The quantitative estimate of drug-likeness (QED) is 0.756. The molecule has 5 nitrogen and oxygen atoms in total. The highest BCUT2D eigenvalue weighted by Crippen LogP contribution is 2.22. The zero-order valence-electron chi connectivity index (χ0n) is 13.6. The molecule has 0 radical (unpaired) electrons. The lowest BCUT2D eigenvalue weighted by molar-refractivity contribution is 0.0531. The number of pyridine rings is 1.